The molecule has 0 aliphatic carbocycles. The Kier molecular flexibility index (Phi) is 5.33. The fourth-order valence-electron chi connectivity index (χ4n) is 1.14. The van der Waals surface area contributed by atoms with Crippen LogP contribution in [0.1, 0.15) is 5.56 Å². The molecule has 0 aliphatic heterocycles. The van der Waals surface area contributed by atoms with Gasteiger partial charge in [-0.15, -0.1) is 0 Å². The molecule has 0 aliphatic rings. The van der Waals surface area contributed by atoms with Crippen LogP contribution >= 0.6 is 15.9 Å². The lowest BCUT2D eigenvalue weighted by Crippen LogP contribution is -2.19. The van der Waals surface area contributed by atoms with Crippen molar-refractivity contribution in [2.45, 2.75) is 11.6 Å². The summed E-state index contributed by atoms with van der Waals surface area (Å²) in [6.45, 7) is -0.162. The molecule has 0 fully saturated rings. The van der Waals surface area contributed by atoms with Crippen molar-refractivity contribution in [3.63, 3.8) is 0 Å². The van der Waals surface area contributed by atoms with Gasteiger partial charge in [0.05, 0.1) is 4.92 Å². The quantitative estimate of drug-likeness (QED) is 0.375. The molecule has 0 spiro atoms. The van der Waals surface area contributed by atoms with Crippen LogP contribution in [0.15, 0.2) is 18.2 Å². The Morgan fingerprint density at radius 3 is 2.82 bits per heavy atom. The van der Waals surface area contributed by atoms with Crippen LogP contribution in [0.25, 0.3) is 0 Å². The van der Waals surface area contributed by atoms with Gasteiger partial charge in [-0.05, 0) is 11.6 Å². The molecule has 1 aromatic rings. The molecule has 94 valence electrons. The summed E-state index contributed by atoms with van der Waals surface area (Å²) in [6.07, 6.45) is -1.11. The third-order valence-corrected chi connectivity index (χ3v) is 2.68. The second kappa shape index (κ2) is 6.53. The Morgan fingerprint density at radius 2 is 2.29 bits per heavy atom. The molecule has 0 radical (unpaired) electrons. The summed E-state index contributed by atoms with van der Waals surface area (Å²) in [4.78, 5) is 10.3. The summed E-state index contributed by atoms with van der Waals surface area (Å²) < 4.78 is 9.69. The van der Waals surface area contributed by atoms with E-state index in [2.05, 4.69) is 20.7 Å². The number of rotatable bonds is 6. The number of alkyl halides is 1. The molecular weight excluding hydrogens is 294 g/mol. The van der Waals surface area contributed by atoms with Gasteiger partial charge in [0.1, 0.15) is 6.61 Å². The number of nitrogens with zero attached hydrogens (tertiary/aromatic N) is 1. The molecule has 1 unspecified atom stereocenters. The van der Waals surface area contributed by atoms with Gasteiger partial charge in [-0.2, -0.15) is 0 Å². The molecule has 7 heteroatoms. The second-order valence-corrected chi connectivity index (χ2v) is 3.75. The van der Waals surface area contributed by atoms with Crippen molar-refractivity contribution in [2.75, 3.05) is 13.7 Å². The average Bonchev–Trinajstić information content (AvgIpc) is 2.35. The van der Waals surface area contributed by atoms with Crippen LogP contribution in [0.2, 0.25) is 0 Å². The maximum Gasteiger partial charge on any atom is 0.311 e. The van der Waals surface area contributed by atoms with E-state index in [1.165, 1.54) is 19.2 Å². The monoisotopic (exact) mass is 305 g/mol. The SMILES string of the molecule is COC(O)COc1ccc(CBr)cc1[N+](=O)[O-]. The summed E-state index contributed by atoms with van der Waals surface area (Å²) >= 11 is 3.22. The lowest BCUT2D eigenvalue weighted by atomic mass is 10.2. The molecule has 1 aromatic carbocycles. The molecule has 0 aromatic heterocycles. The van der Waals surface area contributed by atoms with Crippen molar-refractivity contribution >= 4 is 21.6 Å². The number of ether oxygens (including phenoxy) is 2. The van der Waals surface area contributed by atoms with Gasteiger partial charge in [0.15, 0.2) is 12.0 Å². The third kappa shape index (κ3) is 3.95. The van der Waals surface area contributed by atoms with Crippen molar-refractivity contribution in [1.29, 1.82) is 0 Å². The van der Waals surface area contributed by atoms with Gasteiger partial charge in [-0.25, -0.2) is 0 Å². The van der Waals surface area contributed by atoms with Gasteiger partial charge in [-0.3, -0.25) is 10.1 Å². The molecule has 0 saturated heterocycles. The summed E-state index contributed by atoms with van der Waals surface area (Å²) in [5.41, 5.74) is 0.640. The molecule has 1 atom stereocenters. The summed E-state index contributed by atoms with van der Waals surface area (Å²) in [7, 11) is 1.32. The largest absolute Gasteiger partial charge is 0.481 e. The Balaban J connectivity index is 2.87. The van der Waals surface area contributed by atoms with E-state index in [-0.39, 0.29) is 18.0 Å². The number of aliphatic hydroxyl groups is 1. The fraction of sp³-hybridized carbons (Fsp3) is 0.400. The molecule has 1 N–H and O–H groups in total. The van der Waals surface area contributed by atoms with Gasteiger partial charge in [0, 0.05) is 18.5 Å². The average molecular weight is 306 g/mol. The first-order valence-corrected chi connectivity index (χ1v) is 5.87. The highest BCUT2D eigenvalue weighted by Gasteiger charge is 2.16. The minimum absolute atomic E-state index is 0.107. The number of nitro groups is 1. The van der Waals surface area contributed by atoms with Crippen molar-refractivity contribution < 1.29 is 19.5 Å². The van der Waals surface area contributed by atoms with E-state index in [9.17, 15) is 10.1 Å². The molecule has 0 bridgehead atoms. The van der Waals surface area contributed by atoms with Gasteiger partial charge in [-0.1, -0.05) is 22.0 Å². The van der Waals surface area contributed by atoms with Gasteiger partial charge < -0.3 is 14.6 Å². The smallest absolute Gasteiger partial charge is 0.311 e. The molecule has 0 amide bonds. The maximum absolute atomic E-state index is 10.8. The topological polar surface area (TPSA) is 81.8 Å². The molecule has 17 heavy (non-hydrogen) atoms. The van der Waals surface area contributed by atoms with Crippen LogP contribution in [0.5, 0.6) is 5.75 Å². The number of nitro benzene ring substituents is 1. The van der Waals surface area contributed by atoms with Crippen LogP contribution in [0.3, 0.4) is 0 Å². The van der Waals surface area contributed by atoms with E-state index < -0.39 is 11.2 Å². The zero-order valence-electron chi connectivity index (χ0n) is 9.13. The second-order valence-electron chi connectivity index (χ2n) is 3.19. The van der Waals surface area contributed by atoms with Crippen LogP contribution in [0.4, 0.5) is 5.69 Å². The van der Waals surface area contributed by atoms with Crippen molar-refractivity contribution in [3.05, 3.63) is 33.9 Å². The number of hydrogen-bond acceptors (Lipinski definition) is 5. The highest BCUT2D eigenvalue weighted by Crippen LogP contribution is 2.28. The molecule has 1 rings (SSSR count). The van der Waals surface area contributed by atoms with E-state index in [1.54, 1.807) is 6.07 Å². The van der Waals surface area contributed by atoms with Crippen molar-refractivity contribution in [1.82, 2.24) is 0 Å². The lowest BCUT2D eigenvalue weighted by Gasteiger charge is -2.11. The number of benzene rings is 1. The van der Waals surface area contributed by atoms with E-state index in [1.807, 2.05) is 0 Å². The summed E-state index contributed by atoms with van der Waals surface area (Å²) in [5, 5.41) is 20.5. The van der Waals surface area contributed by atoms with E-state index in [0.29, 0.717) is 5.33 Å². The molecule has 6 nitrogen and oxygen atoms in total. The van der Waals surface area contributed by atoms with Crippen molar-refractivity contribution in [3.8, 4) is 5.75 Å². The van der Waals surface area contributed by atoms with Gasteiger partial charge in [0.25, 0.3) is 0 Å². The molecule has 0 saturated carbocycles. The Hall–Kier alpha value is -1.18. The van der Waals surface area contributed by atoms with Gasteiger partial charge >= 0.3 is 5.69 Å². The number of methoxy groups -OCH3 is 1. The minimum atomic E-state index is -1.11. The van der Waals surface area contributed by atoms with Crippen LogP contribution < -0.4 is 4.74 Å². The van der Waals surface area contributed by atoms with Crippen LogP contribution in [-0.4, -0.2) is 30.0 Å². The predicted octanol–water partition coefficient (Wildman–Crippen LogP) is 1.83. The van der Waals surface area contributed by atoms with E-state index >= 15 is 0 Å². The summed E-state index contributed by atoms with van der Waals surface area (Å²) in [5.74, 6) is 0.107. The fourth-order valence-corrected chi connectivity index (χ4v) is 1.49. The van der Waals surface area contributed by atoms with Crippen LogP contribution in [-0.2, 0) is 10.1 Å². The highest BCUT2D eigenvalue weighted by molar-refractivity contribution is 9.08. The summed E-state index contributed by atoms with van der Waals surface area (Å²) in [6, 6.07) is 4.62. The normalized spacial score (nSPS) is 12.2. The van der Waals surface area contributed by atoms with E-state index in [4.69, 9.17) is 9.84 Å². The number of aliphatic hydroxyl groups excluding tert-OH is 1. The zero-order chi connectivity index (χ0) is 12.8. The highest BCUT2D eigenvalue weighted by atomic mass is 79.9. The van der Waals surface area contributed by atoms with E-state index in [0.717, 1.165) is 5.56 Å². The zero-order valence-corrected chi connectivity index (χ0v) is 10.7. The molecule has 0 heterocycles. The lowest BCUT2D eigenvalue weighted by molar-refractivity contribution is -0.386. The standard InChI is InChI=1S/C10H12BrNO5/c1-16-10(13)6-17-9-3-2-7(5-11)4-8(9)12(14)15/h2-4,10,13H,5-6H2,1H3. The number of hydrogen-bond donors (Lipinski definition) is 1. The maximum atomic E-state index is 10.8. The predicted molar refractivity (Wildman–Crippen MR) is 64.2 cm³/mol. The Bertz CT molecular complexity index is 398. The number of halogens is 1. The van der Waals surface area contributed by atoms with Gasteiger partial charge in [0.2, 0.25) is 0 Å². The first-order chi connectivity index (χ1) is 8.08. The first-order valence-electron chi connectivity index (χ1n) is 4.75. The Labute approximate surface area is 106 Å². The molecular formula is C10H12BrNO5. The third-order valence-electron chi connectivity index (χ3n) is 2.03. The minimum Gasteiger partial charge on any atom is -0.481 e. The van der Waals surface area contributed by atoms with Crippen LogP contribution in [0, 0.1) is 10.1 Å². The Morgan fingerprint density at radius 1 is 1.59 bits per heavy atom. The first kappa shape index (κ1) is 13.9. The van der Waals surface area contributed by atoms with Crippen molar-refractivity contribution in [2.24, 2.45) is 0 Å².